The number of ketones is 1. The van der Waals surface area contributed by atoms with E-state index in [1.54, 1.807) is 0 Å². The van der Waals surface area contributed by atoms with Crippen LogP contribution in [0.2, 0.25) is 0 Å². The maximum atomic E-state index is 11.9. The molecule has 1 heterocycles. The summed E-state index contributed by atoms with van der Waals surface area (Å²) >= 11 is 2.94. The van der Waals surface area contributed by atoms with E-state index in [1.807, 2.05) is 36.2 Å². The van der Waals surface area contributed by atoms with E-state index in [-0.39, 0.29) is 5.78 Å². The highest BCUT2D eigenvalue weighted by molar-refractivity contribution is 9.08. The Balaban J connectivity index is 0.000000686. The van der Waals surface area contributed by atoms with Gasteiger partial charge in [0.2, 0.25) is 0 Å². The van der Waals surface area contributed by atoms with Crippen LogP contribution in [0.3, 0.4) is 0 Å². The molecule has 0 radical (unpaired) electrons. The third-order valence-corrected chi connectivity index (χ3v) is 2.91. The van der Waals surface area contributed by atoms with Gasteiger partial charge in [-0.15, -0.1) is 0 Å². The van der Waals surface area contributed by atoms with Gasteiger partial charge in [-0.3, -0.25) is 9.69 Å². The molecule has 0 atom stereocenters. The smallest absolute Gasteiger partial charge is 0.176 e. The molecule has 2 nitrogen and oxygen atoms in total. The molecule has 0 aliphatic carbocycles. The molecule has 0 aromatic heterocycles. The Morgan fingerprint density at radius 3 is 2.29 bits per heavy atom. The van der Waals surface area contributed by atoms with Crippen molar-refractivity contribution in [3.05, 3.63) is 35.9 Å². The third-order valence-electron chi connectivity index (χ3n) is 2.91. The summed E-state index contributed by atoms with van der Waals surface area (Å²) in [6, 6.07) is 9.57. The number of halogens is 1. The zero-order valence-electron chi connectivity index (χ0n) is 10.4. The fourth-order valence-corrected chi connectivity index (χ4v) is 2.04. The molecule has 1 fully saturated rings. The molecule has 1 aliphatic rings. The number of carbonyl (C=O) groups excluding carboxylic acids is 1. The molecule has 1 aromatic rings. The molecule has 0 unspecified atom stereocenters. The summed E-state index contributed by atoms with van der Waals surface area (Å²) in [6.45, 7) is 2.75. The van der Waals surface area contributed by atoms with Gasteiger partial charge in [0.1, 0.15) is 0 Å². The van der Waals surface area contributed by atoms with Crippen LogP contribution in [-0.2, 0) is 0 Å². The quantitative estimate of drug-likeness (QED) is 0.630. The van der Waals surface area contributed by atoms with Crippen molar-refractivity contribution in [1.82, 2.24) is 4.90 Å². The van der Waals surface area contributed by atoms with Gasteiger partial charge in [-0.1, -0.05) is 52.7 Å². The highest BCUT2D eigenvalue weighted by atomic mass is 79.9. The van der Waals surface area contributed by atoms with Crippen LogP contribution in [0.5, 0.6) is 0 Å². The van der Waals surface area contributed by atoms with Crippen LogP contribution in [-0.4, -0.2) is 36.2 Å². The first-order valence-electron chi connectivity index (χ1n) is 6.05. The molecule has 2 rings (SSSR count). The summed E-state index contributed by atoms with van der Waals surface area (Å²) in [7, 11) is 0. The number of piperidine rings is 1. The average molecular weight is 298 g/mol. The molecule has 94 valence electrons. The molecule has 0 N–H and O–H groups in total. The first kappa shape index (κ1) is 14.4. The maximum absolute atomic E-state index is 11.9. The summed E-state index contributed by atoms with van der Waals surface area (Å²) in [4.78, 5) is 14.1. The zero-order chi connectivity index (χ0) is 12.5. The number of rotatable bonds is 3. The second kappa shape index (κ2) is 8.43. The summed E-state index contributed by atoms with van der Waals surface area (Å²) in [5, 5.41) is 0. The standard InChI is InChI=1S/C13H17NO.CH3Br/c15-13(12-7-3-1-4-8-12)11-14-9-5-2-6-10-14;1-2/h1,3-4,7-8H,2,5-6,9-11H2;1H3. The van der Waals surface area contributed by atoms with Crippen molar-refractivity contribution >= 4 is 21.7 Å². The largest absolute Gasteiger partial charge is 0.296 e. The first-order valence-corrected chi connectivity index (χ1v) is 7.63. The van der Waals surface area contributed by atoms with Gasteiger partial charge in [-0.25, -0.2) is 0 Å². The van der Waals surface area contributed by atoms with Gasteiger partial charge in [-0.05, 0) is 31.8 Å². The van der Waals surface area contributed by atoms with E-state index in [4.69, 9.17) is 0 Å². The van der Waals surface area contributed by atoms with E-state index < -0.39 is 0 Å². The summed E-state index contributed by atoms with van der Waals surface area (Å²) in [6.07, 6.45) is 3.79. The number of benzene rings is 1. The average Bonchev–Trinajstić information content (AvgIpc) is 2.43. The van der Waals surface area contributed by atoms with Crippen LogP contribution in [0.25, 0.3) is 0 Å². The van der Waals surface area contributed by atoms with Crippen LogP contribution in [0.15, 0.2) is 30.3 Å². The monoisotopic (exact) mass is 297 g/mol. The minimum absolute atomic E-state index is 0.248. The molecule has 1 aromatic carbocycles. The number of carbonyl (C=O) groups is 1. The van der Waals surface area contributed by atoms with Crippen molar-refractivity contribution in [3.8, 4) is 0 Å². The highest BCUT2D eigenvalue weighted by Crippen LogP contribution is 2.09. The molecule has 1 aliphatic heterocycles. The predicted molar refractivity (Wildman–Crippen MR) is 75.9 cm³/mol. The fraction of sp³-hybridized carbons (Fsp3) is 0.500. The van der Waals surface area contributed by atoms with Crippen molar-refractivity contribution in [2.75, 3.05) is 25.5 Å². The lowest BCUT2D eigenvalue weighted by atomic mass is 10.1. The Morgan fingerprint density at radius 2 is 1.71 bits per heavy atom. The van der Waals surface area contributed by atoms with Crippen LogP contribution in [0.4, 0.5) is 0 Å². The van der Waals surface area contributed by atoms with Crippen LogP contribution in [0.1, 0.15) is 29.6 Å². The van der Waals surface area contributed by atoms with Gasteiger partial charge < -0.3 is 0 Å². The van der Waals surface area contributed by atoms with Crippen molar-refractivity contribution in [3.63, 3.8) is 0 Å². The Morgan fingerprint density at radius 1 is 1.12 bits per heavy atom. The van der Waals surface area contributed by atoms with Gasteiger partial charge >= 0.3 is 0 Å². The van der Waals surface area contributed by atoms with E-state index in [2.05, 4.69) is 20.8 Å². The summed E-state index contributed by atoms with van der Waals surface area (Å²) in [5.74, 6) is 2.06. The normalized spacial score (nSPS) is 15.9. The Kier molecular flexibility index (Phi) is 7.13. The van der Waals surface area contributed by atoms with E-state index in [9.17, 15) is 4.79 Å². The maximum Gasteiger partial charge on any atom is 0.176 e. The molecule has 17 heavy (non-hydrogen) atoms. The Hall–Kier alpha value is -0.670. The minimum Gasteiger partial charge on any atom is -0.296 e. The summed E-state index contributed by atoms with van der Waals surface area (Å²) < 4.78 is 0. The number of Topliss-reactive ketones (excluding diaryl/α,β-unsaturated/α-hetero) is 1. The Bertz CT molecular complexity index is 320. The molecular formula is C14H20BrNO. The molecule has 0 saturated carbocycles. The van der Waals surface area contributed by atoms with Gasteiger partial charge in [0.05, 0.1) is 6.54 Å². The van der Waals surface area contributed by atoms with E-state index in [1.165, 1.54) is 19.3 Å². The molecule has 3 heteroatoms. The van der Waals surface area contributed by atoms with Crippen LogP contribution >= 0.6 is 15.9 Å². The topological polar surface area (TPSA) is 20.3 Å². The van der Waals surface area contributed by atoms with Gasteiger partial charge in [0.25, 0.3) is 0 Å². The second-order valence-electron chi connectivity index (χ2n) is 4.13. The molecule has 1 saturated heterocycles. The summed E-state index contributed by atoms with van der Waals surface area (Å²) in [5.41, 5.74) is 0.836. The highest BCUT2D eigenvalue weighted by Gasteiger charge is 2.14. The van der Waals surface area contributed by atoms with Crippen molar-refractivity contribution in [2.24, 2.45) is 0 Å². The fourth-order valence-electron chi connectivity index (χ4n) is 2.04. The third kappa shape index (κ3) is 5.00. The number of likely N-dealkylation sites (tertiary alicyclic amines) is 1. The van der Waals surface area contributed by atoms with Crippen molar-refractivity contribution in [1.29, 1.82) is 0 Å². The van der Waals surface area contributed by atoms with Gasteiger partial charge in [-0.2, -0.15) is 0 Å². The number of alkyl halides is 1. The van der Waals surface area contributed by atoms with Crippen molar-refractivity contribution in [2.45, 2.75) is 19.3 Å². The lowest BCUT2D eigenvalue weighted by Crippen LogP contribution is -2.34. The van der Waals surface area contributed by atoms with Gasteiger partial charge in [0, 0.05) is 5.56 Å². The minimum atomic E-state index is 0.248. The van der Waals surface area contributed by atoms with E-state index in [0.717, 1.165) is 18.7 Å². The predicted octanol–water partition coefficient (Wildman–Crippen LogP) is 3.37. The molecular weight excluding hydrogens is 278 g/mol. The molecule has 0 bridgehead atoms. The first-order chi connectivity index (χ1) is 8.36. The lowest BCUT2D eigenvalue weighted by Gasteiger charge is -2.25. The molecule has 0 spiro atoms. The number of nitrogens with zero attached hydrogens (tertiary/aromatic N) is 1. The molecule has 0 amide bonds. The lowest BCUT2D eigenvalue weighted by molar-refractivity contribution is 0.0915. The SMILES string of the molecule is CBr.O=C(CN1CCCCC1)c1ccccc1. The zero-order valence-corrected chi connectivity index (χ0v) is 11.9. The van der Waals surface area contributed by atoms with Crippen molar-refractivity contribution < 1.29 is 4.79 Å². The van der Waals surface area contributed by atoms with E-state index in [0.29, 0.717) is 6.54 Å². The van der Waals surface area contributed by atoms with Crippen LogP contribution in [0, 0.1) is 0 Å². The van der Waals surface area contributed by atoms with E-state index >= 15 is 0 Å². The Labute approximate surface area is 112 Å². The number of hydrogen-bond donors (Lipinski definition) is 0. The number of hydrogen-bond acceptors (Lipinski definition) is 2. The van der Waals surface area contributed by atoms with Crippen LogP contribution < -0.4 is 0 Å². The second-order valence-corrected chi connectivity index (χ2v) is 4.13. The van der Waals surface area contributed by atoms with Gasteiger partial charge in [0.15, 0.2) is 5.78 Å².